The number of carbonyl (C=O) groups is 1. The predicted molar refractivity (Wildman–Crippen MR) is 131 cm³/mol. The van der Waals surface area contributed by atoms with Crippen LogP contribution in [0.2, 0.25) is 0 Å². The summed E-state index contributed by atoms with van der Waals surface area (Å²) < 4.78 is 0. The Hall–Kier alpha value is -4.20. The van der Waals surface area contributed by atoms with Crippen LogP contribution in [0.25, 0.3) is 46.4 Å². The van der Waals surface area contributed by atoms with Gasteiger partial charge in [0.15, 0.2) is 0 Å². The monoisotopic (exact) mass is 490 g/mol. The van der Waals surface area contributed by atoms with Gasteiger partial charge in [-0.25, -0.2) is 14.8 Å². The summed E-state index contributed by atoms with van der Waals surface area (Å²) >= 11 is 0. The van der Waals surface area contributed by atoms with E-state index in [0.717, 1.165) is 44.8 Å². The Morgan fingerprint density at radius 3 is 1.47 bits per heavy atom. The molecule has 8 bridgehead atoms. The minimum atomic E-state index is -0.899. The smallest absolute Gasteiger partial charge is 0.311 e. The molecule has 169 valence electrons. The molecule has 34 heavy (non-hydrogen) atoms. The van der Waals surface area contributed by atoms with Crippen LogP contribution in [0.1, 0.15) is 33.1 Å². The fourth-order valence-corrected chi connectivity index (χ4v) is 3.47. The van der Waals surface area contributed by atoms with Gasteiger partial charge in [-0.2, -0.15) is 30.3 Å². The van der Waals surface area contributed by atoms with Gasteiger partial charge in [-0.15, -0.1) is 0 Å². The van der Waals surface area contributed by atoms with Crippen LogP contribution in [0.5, 0.6) is 0 Å². The van der Waals surface area contributed by atoms with E-state index in [-0.39, 0.29) is 16.8 Å². The fraction of sp³-hybridized carbons (Fsp3) is 0. The fourth-order valence-electron chi connectivity index (χ4n) is 3.47. The van der Waals surface area contributed by atoms with E-state index in [4.69, 9.17) is 5.11 Å². The molecule has 7 heteroatoms. The summed E-state index contributed by atoms with van der Waals surface area (Å²) in [5, 5.41) is 8.37. The van der Waals surface area contributed by atoms with Gasteiger partial charge in [0.25, 0.3) is 0 Å². The SMILES string of the molecule is C1=Cc2cc3ccc(cc4ccc(cc5nc(cc1n2)C=C5)[nH]4)[nH]3.O=C(O)c1cc[c-]cc1.[Co]. The number of fused-ring (bicyclic) bond motifs is 8. The molecule has 5 heterocycles. The van der Waals surface area contributed by atoms with E-state index in [1.807, 2.05) is 42.5 Å². The molecular formula is C27H19CoN4O2-. The molecule has 6 rings (SSSR count). The maximum Gasteiger partial charge on any atom is 0.311 e. The summed E-state index contributed by atoms with van der Waals surface area (Å²) in [6, 6.07) is 25.3. The predicted octanol–water partition coefficient (Wildman–Crippen LogP) is 5.84. The number of aromatic carboxylic acids is 1. The van der Waals surface area contributed by atoms with Crippen molar-refractivity contribution in [3.63, 3.8) is 0 Å². The van der Waals surface area contributed by atoms with E-state index in [2.05, 4.69) is 56.3 Å². The number of carboxylic acids is 1. The molecule has 0 unspecified atom stereocenters. The van der Waals surface area contributed by atoms with Crippen LogP contribution in [-0.2, 0) is 16.8 Å². The second kappa shape index (κ2) is 10.2. The first kappa shape index (κ1) is 23.0. The number of aromatic amines is 2. The summed E-state index contributed by atoms with van der Waals surface area (Å²) in [6.07, 6.45) is 8.05. The topological polar surface area (TPSA) is 94.7 Å². The Morgan fingerprint density at radius 2 is 1.06 bits per heavy atom. The van der Waals surface area contributed by atoms with Crippen LogP contribution in [0.15, 0.2) is 72.8 Å². The summed E-state index contributed by atoms with van der Waals surface area (Å²) in [7, 11) is 0. The van der Waals surface area contributed by atoms with Crippen molar-refractivity contribution in [2.75, 3.05) is 0 Å². The van der Waals surface area contributed by atoms with Crippen molar-refractivity contribution in [2.24, 2.45) is 0 Å². The number of carboxylic acid groups (broad SMARTS) is 1. The maximum atomic E-state index is 10.2. The minimum Gasteiger partial charge on any atom is -0.479 e. The molecule has 1 aromatic carbocycles. The van der Waals surface area contributed by atoms with Crippen LogP contribution >= 0.6 is 0 Å². The largest absolute Gasteiger partial charge is 0.479 e. The van der Waals surface area contributed by atoms with E-state index in [1.165, 1.54) is 12.1 Å². The van der Waals surface area contributed by atoms with Gasteiger partial charge in [-0.1, -0.05) is 0 Å². The van der Waals surface area contributed by atoms with Gasteiger partial charge in [-0.05, 0) is 78.4 Å². The van der Waals surface area contributed by atoms with Crippen molar-refractivity contribution in [1.29, 1.82) is 0 Å². The molecule has 2 aliphatic heterocycles. The molecule has 6 nitrogen and oxygen atoms in total. The van der Waals surface area contributed by atoms with Gasteiger partial charge in [0, 0.05) is 38.8 Å². The first-order chi connectivity index (χ1) is 16.1. The minimum absolute atomic E-state index is 0. The molecule has 0 spiro atoms. The summed E-state index contributed by atoms with van der Waals surface area (Å²) in [6.45, 7) is 0. The summed E-state index contributed by atoms with van der Waals surface area (Å²) in [5.41, 5.74) is 8.16. The molecule has 0 saturated heterocycles. The summed E-state index contributed by atoms with van der Waals surface area (Å²) in [4.78, 5) is 26.2. The Morgan fingerprint density at radius 1 is 0.647 bits per heavy atom. The average molecular weight is 490 g/mol. The van der Waals surface area contributed by atoms with E-state index >= 15 is 0 Å². The first-order valence-electron chi connectivity index (χ1n) is 10.3. The van der Waals surface area contributed by atoms with Crippen LogP contribution < -0.4 is 0 Å². The number of hydrogen-bond donors (Lipinski definition) is 3. The molecule has 0 saturated carbocycles. The molecule has 1 radical (unpaired) electrons. The van der Waals surface area contributed by atoms with E-state index in [9.17, 15) is 4.79 Å². The van der Waals surface area contributed by atoms with Gasteiger partial charge >= 0.3 is 5.97 Å². The van der Waals surface area contributed by atoms with Crippen molar-refractivity contribution in [2.45, 2.75) is 0 Å². The second-order valence-electron chi connectivity index (χ2n) is 7.50. The van der Waals surface area contributed by atoms with Crippen molar-refractivity contribution in [3.05, 3.63) is 107 Å². The maximum absolute atomic E-state index is 10.2. The molecule has 2 aliphatic rings. The molecule has 4 aromatic rings. The van der Waals surface area contributed by atoms with Crippen LogP contribution in [0.3, 0.4) is 0 Å². The zero-order chi connectivity index (χ0) is 22.6. The zero-order valence-corrected chi connectivity index (χ0v) is 18.9. The Labute approximate surface area is 206 Å². The quantitative estimate of drug-likeness (QED) is 0.253. The number of H-pyrrole nitrogens is 2. The molecule has 0 fully saturated rings. The molecular weight excluding hydrogens is 471 g/mol. The molecule has 0 atom stereocenters. The Kier molecular flexibility index (Phi) is 6.86. The number of rotatable bonds is 1. The third-order valence-corrected chi connectivity index (χ3v) is 5.01. The van der Waals surface area contributed by atoms with Crippen LogP contribution in [-0.4, -0.2) is 31.0 Å². The third-order valence-electron chi connectivity index (χ3n) is 5.01. The number of hydrogen-bond acceptors (Lipinski definition) is 3. The number of aromatic nitrogens is 4. The van der Waals surface area contributed by atoms with Crippen LogP contribution in [0, 0.1) is 6.07 Å². The van der Waals surface area contributed by atoms with Crippen molar-refractivity contribution in [1.82, 2.24) is 19.9 Å². The van der Waals surface area contributed by atoms with E-state index in [1.54, 1.807) is 12.1 Å². The van der Waals surface area contributed by atoms with E-state index in [0.29, 0.717) is 5.56 Å². The first-order valence-corrected chi connectivity index (χ1v) is 10.3. The third kappa shape index (κ3) is 5.58. The second-order valence-corrected chi connectivity index (χ2v) is 7.50. The van der Waals surface area contributed by atoms with Gasteiger partial charge in [0.1, 0.15) is 0 Å². The van der Waals surface area contributed by atoms with E-state index < -0.39 is 5.97 Å². The van der Waals surface area contributed by atoms with Gasteiger partial charge < -0.3 is 15.1 Å². The zero-order valence-electron chi connectivity index (χ0n) is 17.8. The van der Waals surface area contributed by atoms with Crippen molar-refractivity contribution < 1.29 is 26.7 Å². The summed E-state index contributed by atoms with van der Waals surface area (Å²) in [5.74, 6) is -0.899. The van der Waals surface area contributed by atoms with Gasteiger partial charge in [-0.3, -0.25) is 0 Å². The number of nitrogens with one attached hydrogen (secondary N) is 2. The van der Waals surface area contributed by atoms with Gasteiger partial charge in [0.05, 0.1) is 22.8 Å². The molecule has 0 amide bonds. The molecule has 3 N–H and O–H groups in total. The van der Waals surface area contributed by atoms with Crippen LogP contribution in [0.4, 0.5) is 0 Å². The van der Waals surface area contributed by atoms with Crippen molar-refractivity contribution in [3.8, 4) is 0 Å². The molecule has 0 aliphatic carbocycles. The Balaban J connectivity index is 0.000000234. The molecule has 3 aromatic heterocycles. The Bertz CT molecular complexity index is 1460. The van der Waals surface area contributed by atoms with Crippen molar-refractivity contribution >= 4 is 52.3 Å². The average Bonchev–Trinajstić information content (AvgIpc) is 3.61. The normalized spacial score (nSPS) is 11.3. The standard InChI is InChI=1S/C20H14N4.C7H5O2.Co/c1-2-14-10-16-5-6-18(23-16)12-20-8-7-19(24-20)11-17-4-3-15(22-17)9-13(1)21-14;8-7(9)6-4-2-1-3-5-6;/h1-12,21-22H;2-5H,(H,8,9);/q;-1;. The number of nitrogens with zero attached hydrogens (tertiary/aromatic N) is 2. The number of benzene rings is 1. The van der Waals surface area contributed by atoms with Gasteiger partial charge in [0.2, 0.25) is 0 Å².